The van der Waals surface area contributed by atoms with E-state index in [1.807, 2.05) is 43.3 Å². The number of anilines is 1. The van der Waals surface area contributed by atoms with Gasteiger partial charge >= 0.3 is 6.03 Å². The van der Waals surface area contributed by atoms with Gasteiger partial charge in [-0.2, -0.15) is 0 Å². The average molecular weight is 191 g/mol. The minimum atomic E-state index is -0.679. The van der Waals surface area contributed by atoms with Gasteiger partial charge in [-0.3, -0.25) is 0 Å². The van der Waals surface area contributed by atoms with Gasteiger partial charge in [-0.25, -0.2) is 9.79 Å². The molecular weight excluding hydrogens is 178 g/mol. The summed E-state index contributed by atoms with van der Waals surface area (Å²) in [5, 5.41) is 0. The molecule has 14 heavy (non-hydrogen) atoms. The number of aliphatic imine (C=N–C) groups is 1. The second-order valence-electron chi connectivity index (χ2n) is 3.08. The fourth-order valence-electron chi connectivity index (χ4n) is 0.997. The van der Waals surface area contributed by atoms with Crippen LogP contribution in [0.25, 0.3) is 0 Å². The lowest BCUT2D eigenvalue weighted by Crippen LogP contribution is -2.08. The molecule has 4 nitrogen and oxygen atoms in total. The topological polar surface area (TPSA) is 58.7 Å². The van der Waals surface area contributed by atoms with Gasteiger partial charge < -0.3 is 10.6 Å². The first-order valence-corrected chi connectivity index (χ1v) is 4.20. The molecule has 0 aromatic heterocycles. The third kappa shape index (κ3) is 2.90. The second kappa shape index (κ2) is 4.41. The van der Waals surface area contributed by atoms with Crippen LogP contribution in [-0.2, 0) is 0 Å². The first-order chi connectivity index (χ1) is 6.59. The number of nitrogens with two attached hydrogens (primary N) is 1. The summed E-state index contributed by atoms with van der Waals surface area (Å²) in [7, 11) is 3.93. The van der Waals surface area contributed by atoms with E-state index in [9.17, 15) is 4.79 Å². The average Bonchev–Trinajstić information content (AvgIpc) is 2.15. The van der Waals surface area contributed by atoms with Crippen molar-refractivity contribution in [2.45, 2.75) is 0 Å². The highest BCUT2D eigenvalue weighted by Gasteiger charge is 1.94. The fourth-order valence-corrected chi connectivity index (χ4v) is 0.997. The Bertz CT molecular complexity index is 341. The Morgan fingerprint density at radius 2 is 1.93 bits per heavy atom. The molecule has 1 aromatic rings. The van der Waals surface area contributed by atoms with Crippen LogP contribution >= 0.6 is 0 Å². The highest BCUT2D eigenvalue weighted by atomic mass is 16.2. The molecule has 0 radical (unpaired) electrons. The third-order valence-electron chi connectivity index (χ3n) is 1.75. The lowest BCUT2D eigenvalue weighted by atomic mass is 10.2. The summed E-state index contributed by atoms with van der Waals surface area (Å²) in [5.41, 5.74) is 6.83. The monoisotopic (exact) mass is 191 g/mol. The molecule has 2 amide bonds. The fraction of sp³-hybridized carbons (Fsp3) is 0.200. The molecule has 0 atom stereocenters. The van der Waals surface area contributed by atoms with Crippen LogP contribution < -0.4 is 10.6 Å². The van der Waals surface area contributed by atoms with Gasteiger partial charge in [0, 0.05) is 26.0 Å². The van der Waals surface area contributed by atoms with Crippen LogP contribution in [0.15, 0.2) is 29.3 Å². The van der Waals surface area contributed by atoms with Crippen LogP contribution in [0.4, 0.5) is 10.5 Å². The lowest BCUT2D eigenvalue weighted by Gasteiger charge is -2.11. The first-order valence-electron chi connectivity index (χ1n) is 4.20. The Labute approximate surface area is 83.0 Å². The second-order valence-corrected chi connectivity index (χ2v) is 3.08. The Hall–Kier alpha value is -1.84. The van der Waals surface area contributed by atoms with Gasteiger partial charge in [0.15, 0.2) is 0 Å². The highest BCUT2D eigenvalue weighted by molar-refractivity contribution is 5.90. The first kappa shape index (κ1) is 10.2. The van der Waals surface area contributed by atoms with Gasteiger partial charge in [0.05, 0.1) is 0 Å². The van der Waals surface area contributed by atoms with Crippen molar-refractivity contribution in [2.24, 2.45) is 10.7 Å². The number of primary amides is 1. The van der Waals surface area contributed by atoms with Crippen molar-refractivity contribution in [3.8, 4) is 0 Å². The molecule has 0 saturated carbocycles. The zero-order chi connectivity index (χ0) is 10.6. The van der Waals surface area contributed by atoms with Gasteiger partial charge in [0.25, 0.3) is 0 Å². The SMILES string of the molecule is CN(C)c1ccc(C=NC(N)=O)cc1. The molecule has 1 aromatic carbocycles. The molecule has 0 saturated heterocycles. The van der Waals surface area contributed by atoms with Crippen molar-refractivity contribution >= 4 is 17.9 Å². The zero-order valence-electron chi connectivity index (χ0n) is 8.27. The zero-order valence-corrected chi connectivity index (χ0v) is 8.27. The molecular formula is C10H13N3O. The number of nitrogens with zero attached hydrogens (tertiary/aromatic N) is 2. The summed E-state index contributed by atoms with van der Waals surface area (Å²) in [4.78, 5) is 15.8. The smallest absolute Gasteiger partial charge is 0.338 e. The summed E-state index contributed by atoms with van der Waals surface area (Å²) >= 11 is 0. The minimum Gasteiger partial charge on any atom is -0.378 e. The third-order valence-corrected chi connectivity index (χ3v) is 1.75. The van der Waals surface area contributed by atoms with Crippen LogP contribution in [0.1, 0.15) is 5.56 Å². The molecule has 74 valence electrons. The van der Waals surface area contributed by atoms with Gasteiger partial charge in [-0.05, 0) is 17.7 Å². The lowest BCUT2D eigenvalue weighted by molar-refractivity contribution is 0.257. The summed E-state index contributed by atoms with van der Waals surface area (Å²) in [5.74, 6) is 0. The van der Waals surface area contributed by atoms with Crippen molar-refractivity contribution in [3.05, 3.63) is 29.8 Å². The predicted octanol–water partition coefficient (Wildman–Crippen LogP) is 1.25. The molecule has 4 heteroatoms. The Morgan fingerprint density at radius 3 is 2.36 bits per heavy atom. The summed E-state index contributed by atoms with van der Waals surface area (Å²) in [6, 6.07) is 6.97. The van der Waals surface area contributed by atoms with E-state index in [-0.39, 0.29) is 0 Å². The summed E-state index contributed by atoms with van der Waals surface area (Å²) in [6.45, 7) is 0. The molecule has 1 rings (SSSR count). The van der Waals surface area contributed by atoms with E-state index in [1.165, 1.54) is 6.21 Å². The maximum atomic E-state index is 10.4. The number of benzene rings is 1. The molecule has 0 aliphatic rings. The van der Waals surface area contributed by atoms with E-state index >= 15 is 0 Å². The standard InChI is InChI=1S/C10H13N3O/c1-13(2)9-5-3-8(4-6-9)7-12-10(11)14/h3-7H,1-2H3,(H2,11,14). The highest BCUT2D eigenvalue weighted by Crippen LogP contribution is 2.10. The van der Waals surface area contributed by atoms with Crippen molar-refractivity contribution < 1.29 is 4.79 Å². The van der Waals surface area contributed by atoms with Gasteiger partial charge in [0.1, 0.15) is 0 Å². The Morgan fingerprint density at radius 1 is 1.36 bits per heavy atom. The molecule has 0 aliphatic carbocycles. The number of hydrogen-bond donors (Lipinski definition) is 1. The van der Waals surface area contributed by atoms with Gasteiger partial charge in [-0.1, -0.05) is 12.1 Å². The van der Waals surface area contributed by atoms with E-state index in [0.717, 1.165) is 11.3 Å². The van der Waals surface area contributed by atoms with Crippen LogP contribution in [0.5, 0.6) is 0 Å². The molecule has 0 bridgehead atoms. The van der Waals surface area contributed by atoms with Crippen LogP contribution in [0.3, 0.4) is 0 Å². The van der Waals surface area contributed by atoms with Gasteiger partial charge in [0.2, 0.25) is 0 Å². The van der Waals surface area contributed by atoms with Crippen molar-refractivity contribution in [1.82, 2.24) is 0 Å². The van der Waals surface area contributed by atoms with Crippen LogP contribution in [0.2, 0.25) is 0 Å². The minimum absolute atomic E-state index is 0.679. The molecule has 0 unspecified atom stereocenters. The number of carbonyl (C=O) groups is 1. The number of hydrogen-bond acceptors (Lipinski definition) is 2. The van der Waals surface area contributed by atoms with E-state index in [1.54, 1.807) is 0 Å². The predicted molar refractivity (Wildman–Crippen MR) is 57.9 cm³/mol. The van der Waals surface area contributed by atoms with Gasteiger partial charge in [-0.15, -0.1) is 0 Å². The quantitative estimate of drug-likeness (QED) is 0.715. The van der Waals surface area contributed by atoms with E-state index in [2.05, 4.69) is 4.99 Å². The van der Waals surface area contributed by atoms with Crippen molar-refractivity contribution in [1.29, 1.82) is 0 Å². The summed E-state index contributed by atoms with van der Waals surface area (Å²) < 4.78 is 0. The van der Waals surface area contributed by atoms with Crippen LogP contribution in [0, 0.1) is 0 Å². The van der Waals surface area contributed by atoms with E-state index in [4.69, 9.17) is 5.73 Å². The Balaban J connectivity index is 2.78. The maximum Gasteiger partial charge on any atom is 0.338 e. The molecule has 2 N–H and O–H groups in total. The van der Waals surface area contributed by atoms with E-state index in [0.29, 0.717) is 0 Å². The molecule has 0 heterocycles. The van der Waals surface area contributed by atoms with Crippen LogP contribution in [-0.4, -0.2) is 26.3 Å². The largest absolute Gasteiger partial charge is 0.378 e. The number of carbonyl (C=O) groups excluding carboxylic acids is 1. The van der Waals surface area contributed by atoms with E-state index < -0.39 is 6.03 Å². The number of amides is 2. The normalized spacial score (nSPS) is 10.4. The molecule has 0 aliphatic heterocycles. The van der Waals surface area contributed by atoms with Crippen molar-refractivity contribution in [2.75, 3.05) is 19.0 Å². The maximum absolute atomic E-state index is 10.4. The number of urea groups is 1. The van der Waals surface area contributed by atoms with Crippen molar-refractivity contribution in [3.63, 3.8) is 0 Å². The molecule has 0 fully saturated rings. The Kier molecular flexibility index (Phi) is 3.23. The molecule has 0 spiro atoms. The number of rotatable bonds is 2. The summed E-state index contributed by atoms with van der Waals surface area (Å²) in [6.07, 6.45) is 1.45.